The first kappa shape index (κ1) is 97.3. The first-order valence-electron chi connectivity index (χ1n) is 45.0. The molecule has 4 aromatic rings. The average molecular weight is 1820 g/mol. The van der Waals surface area contributed by atoms with Gasteiger partial charge in [0.25, 0.3) is 0 Å². The fraction of sp³-hybridized carbons (Fsp3) is 0.710. The topological polar surface area (TPSA) is 362 Å². The molecule has 6 unspecified atom stereocenters. The second-order valence-electron chi connectivity index (χ2n) is 40.3. The number of pyridine rings is 1. The van der Waals surface area contributed by atoms with Crippen LogP contribution < -0.4 is 31.4 Å². The SMILES string of the molecule is C[C@@H]1[C@@H]2CN(C(=O)[C@H](C(C)(C)C)CC(=O)O[C@@H]3CC4CC4[C@H]3CCCCCc3cn4ccnc4cc3O2)[C@@H]1[C-]=O.C[C@@H]1[C@@H]2CN(C(=O)[C@H](C(C)(C)C)CC(=O)O[C@@H]3CC4CC4[C@H]3CCCCCc3nc(C=CN)ncc3O2)[C@@H]1[C-]=O.C[C@@H]1[C@@H]2CN(C(=O)[C@H](C(C)(C)C)CC(=O)O[C@@H]3CC4CC4[C@H]3CCCCCn3c(nc(C=CN)nc3=O)O2)[C@@H]1[C-]=O.[V].[V].[V]. The van der Waals surface area contributed by atoms with Crippen molar-refractivity contribution in [3.63, 3.8) is 0 Å². The van der Waals surface area contributed by atoms with E-state index in [0.717, 1.165) is 132 Å². The Morgan fingerprint density at radius 2 is 0.863 bits per heavy atom. The molecular formula is C93H127N12O16V3-3. The van der Waals surface area contributed by atoms with E-state index in [0.29, 0.717) is 71.4 Å². The summed E-state index contributed by atoms with van der Waals surface area (Å²) in [6.45, 7) is 24.1. The maximum atomic E-state index is 14.0. The number of nitrogens with two attached hydrogens (primary N) is 2. The minimum absolute atomic E-state index is 0. The number of amides is 3. The molecule has 28 nitrogen and oxygen atoms in total. The van der Waals surface area contributed by atoms with Gasteiger partial charge in [-0.15, -0.1) is 0 Å². The molecule has 6 aliphatic heterocycles. The largest absolute Gasteiger partial charge is 0.540 e. The van der Waals surface area contributed by atoms with E-state index < -0.39 is 75.9 Å². The molecule has 6 aliphatic carbocycles. The Morgan fingerprint density at radius 3 is 1.29 bits per heavy atom. The molecule has 4 aromatic heterocycles. The number of aromatic nitrogens is 7. The summed E-state index contributed by atoms with van der Waals surface area (Å²) in [7, 11) is 0. The predicted octanol–water partition coefficient (Wildman–Crippen LogP) is 11.1. The molecule has 3 amide bonds. The van der Waals surface area contributed by atoms with Gasteiger partial charge in [0.15, 0.2) is 17.4 Å². The third-order valence-corrected chi connectivity index (χ3v) is 29.2. The van der Waals surface area contributed by atoms with Gasteiger partial charge in [-0.1, -0.05) is 140 Å². The molecule has 6 bridgehead atoms. The number of aryl methyl sites for hydroxylation is 2. The van der Waals surface area contributed by atoms with Crippen LogP contribution in [0.3, 0.4) is 0 Å². The molecule has 12 aliphatic rings. The van der Waals surface area contributed by atoms with Gasteiger partial charge in [-0.2, -0.15) is 9.97 Å². The molecule has 673 valence electrons. The molecule has 6 saturated carbocycles. The maximum Gasteiger partial charge on any atom is 0.353 e. The molecule has 3 radical (unpaired) electrons. The summed E-state index contributed by atoms with van der Waals surface area (Å²) in [4.78, 5) is 158. The Kier molecular flexibility index (Phi) is 32.1. The summed E-state index contributed by atoms with van der Waals surface area (Å²) in [6.07, 6.45) is 37.7. The van der Waals surface area contributed by atoms with Gasteiger partial charge in [0.05, 0.1) is 68.5 Å². The molecule has 4 N–H and O–H groups in total. The Labute approximate surface area is 765 Å². The van der Waals surface area contributed by atoms with Crippen LogP contribution in [0.5, 0.6) is 17.5 Å². The van der Waals surface area contributed by atoms with E-state index in [9.17, 15) is 47.9 Å². The molecule has 10 heterocycles. The van der Waals surface area contributed by atoms with Gasteiger partial charge in [0.1, 0.15) is 48.0 Å². The molecule has 24 atom stereocenters. The van der Waals surface area contributed by atoms with Crippen molar-refractivity contribution in [2.24, 2.45) is 116 Å². The van der Waals surface area contributed by atoms with Crippen LogP contribution in [0.25, 0.3) is 17.8 Å². The molecule has 9 fully saturated rings. The van der Waals surface area contributed by atoms with Crippen LogP contribution in [0.1, 0.15) is 241 Å². The van der Waals surface area contributed by atoms with Crippen LogP contribution >= 0.6 is 0 Å². The average Bonchev–Trinajstić information content (AvgIpc) is 1.60. The number of nitrogens with zero attached hydrogens (tertiary/aromatic N) is 10. The molecule has 0 spiro atoms. The van der Waals surface area contributed by atoms with E-state index >= 15 is 0 Å². The Hall–Kier alpha value is -7.36. The first-order chi connectivity index (χ1) is 57.7. The van der Waals surface area contributed by atoms with E-state index in [1.54, 1.807) is 28.3 Å². The van der Waals surface area contributed by atoms with Crippen molar-refractivity contribution in [1.82, 2.24) is 48.6 Å². The van der Waals surface area contributed by atoms with Crippen LogP contribution in [0.4, 0.5) is 0 Å². The van der Waals surface area contributed by atoms with Crippen LogP contribution in [-0.2, 0) is 132 Å². The van der Waals surface area contributed by atoms with Gasteiger partial charge in [-0.05, 0) is 202 Å². The first-order valence-corrected chi connectivity index (χ1v) is 45.0. The molecule has 3 saturated heterocycles. The smallest absolute Gasteiger partial charge is 0.353 e. The number of fused-ring (bicyclic) bond motifs is 19. The van der Waals surface area contributed by atoms with Crippen LogP contribution in [0.15, 0.2) is 48.0 Å². The van der Waals surface area contributed by atoms with Gasteiger partial charge in [0.2, 0.25) is 17.7 Å². The molecule has 0 aromatic carbocycles. The second-order valence-corrected chi connectivity index (χ2v) is 40.3. The fourth-order valence-electron chi connectivity index (χ4n) is 21.6. The maximum absolute atomic E-state index is 14.0. The van der Waals surface area contributed by atoms with Crippen LogP contribution in [0.2, 0.25) is 0 Å². The van der Waals surface area contributed by atoms with Gasteiger partial charge >= 0.3 is 29.6 Å². The van der Waals surface area contributed by atoms with Gasteiger partial charge in [0, 0.05) is 92.4 Å². The zero-order chi connectivity index (χ0) is 86.3. The van der Waals surface area contributed by atoms with Crippen molar-refractivity contribution in [2.75, 3.05) is 19.6 Å². The monoisotopic (exact) mass is 1820 g/mol. The van der Waals surface area contributed by atoms with Crippen molar-refractivity contribution >= 4 is 72.3 Å². The minimum atomic E-state index is -0.868. The number of esters is 3. The Bertz CT molecular complexity index is 4600. The van der Waals surface area contributed by atoms with Gasteiger partial charge in [-0.3, -0.25) is 28.8 Å². The number of hydrogen-bond donors (Lipinski definition) is 2. The summed E-state index contributed by atoms with van der Waals surface area (Å²) in [6, 6.07) is -0.315. The molecule has 31 heteroatoms. The van der Waals surface area contributed by atoms with E-state index in [1.807, 2.05) is 106 Å². The number of rotatable bonds is 5. The number of hydrogen-bond acceptors (Lipinski definition) is 23. The zero-order valence-electron chi connectivity index (χ0n) is 74.1. The summed E-state index contributed by atoms with van der Waals surface area (Å²) in [5.74, 6) is 2.44. The van der Waals surface area contributed by atoms with Crippen molar-refractivity contribution in [3.8, 4) is 17.5 Å². The van der Waals surface area contributed by atoms with Crippen LogP contribution in [-0.4, -0.2) is 177 Å². The Balaban J connectivity index is 0.000000179. The summed E-state index contributed by atoms with van der Waals surface area (Å²) >= 11 is 0. The third kappa shape index (κ3) is 22.0. The Morgan fingerprint density at radius 1 is 0.452 bits per heavy atom. The quantitative estimate of drug-likeness (QED) is 0.106. The summed E-state index contributed by atoms with van der Waals surface area (Å²) < 4.78 is 41.0. The predicted molar refractivity (Wildman–Crippen MR) is 449 cm³/mol. The standard InChI is InChI=1S/C32H42N3O5.C31H43N4O5.C30H42N5O6.3V/c1-19-25(18-36)35-17-28(19)39-26-15-29-33-10-11-34(29)16-20(26)8-6-5-7-9-22-23-12-21(23)13-27(22)40-30(37)14-24(31(35)38)32(2,3)4;1-18-24(17-36)35-16-27(18)39-26-15-33-28(10-11-32)34-23(26)9-7-5-6-8-20-21-12-19(21)13-25(20)40-29(37)14-22(30(35)38)31(2,3)4;1-17-22(16-36)35-15-24(17)41-29-33-25(9-10-31)32-28(39)34(29)11-7-5-6-8-19-20-12-18(20)13-23(19)40-26(37)14-21(27(35)38)30(2,3)4;;;/h10-11,15-16,19,21-25,27-28H,5-9,12-14,17H2,1-4H3;10-11,15,18-22,24-25,27H,5-9,12-14,16,32H2,1-4H3;9-10,17-24H,5-8,11-15,31H2,1-4H3;;;/q3*-1;;;/t19-,21?,22+,23?,24+,25+,27+,28-;18-,19?,20+,21?,22+,24+,25+,27-;17-,18?,19+,20?,21+,22+,23+,24-;;;/m000.../s1. The number of carbonyl (C=O) groups excluding carboxylic acids is 9. The molecule has 16 rings (SSSR count). The van der Waals surface area contributed by atoms with E-state index in [-0.39, 0.29) is 178 Å². The zero-order valence-corrected chi connectivity index (χ0v) is 78.3. The van der Waals surface area contributed by atoms with E-state index in [2.05, 4.69) is 38.7 Å². The molecular weight excluding hydrogens is 1690 g/mol. The van der Waals surface area contributed by atoms with Crippen molar-refractivity contribution < 1.29 is 127 Å². The van der Waals surface area contributed by atoms with Gasteiger partial charge < -0.3 is 73.4 Å². The van der Waals surface area contributed by atoms with E-state index in [1.165, 1.54) is 47.2 Å². The third-order valence-electron chi connectivity index (χ3n) is 29.2. The second kappa shape index (κ2) is 41.0. The number of ether oxygens (including phenoxy) is 6. The fourth-order valence-corrected chi connectivity index (χ4v) is 21.6. The van der Waals surface area contributed by atoms with Crippen molar-refractivity contribution in [1.29, 1.82) is 0 Å². The number of carbonyl (C=O) groups is 6. The van der Waals surface area contributed by atoms with Crippen molar-refractivity contribution in [3.05, 3.63) is 76.6 Å². The van der Waals surface area contributed by atoms with Gasteiger partial charge in [-0.25, -0.2) is 43.2 Å². The van der Waals surface area contributed by atoms with Crippen molar-refractivity contribution in [2.45, 2.75) is 292 Å². The molecule has 124 heavy (non-hydrogen) atoms. The van der Waals surface area contributed by atoms with E-state index in [4.69, 9.17) is 44.9 Å². The summed E-state index contributed by atoms with van der Waals surface area (Å²) in [5, 5.41) is 0. The van der Waals surface area contributed by atoms with Crippen LogP contribution in [0, 0.1) is 105 Å². The normalized spacial score (nSPS) is 34.1. The summed E-state index contributed by atoms with van der Waals surface area (Å²) in [5.41, 5.74) is 11.8. The minimum Gasteiger partial charge on any atom is -0.540 e. The number of imidazole rings is 1.